The van der Waals surface area contributed by atoms with E-state index in [4.69, 9.17) is 10.2 Å². The molecule has 1 fully saturated rings. The van der Waals surface area contributed by atoms with E-state index in [9.17, 15) is 22.8 Å². The number of carbonyl (C=O) groups is 2. The Morgan fingerprint density at radius 1 is 1.00 bits per heavy atom. The first-order chi connectivity index (χ1) is 12.8. The molecule has 1 aliphatic heterocycles. The third kappa shape index (κ3) is 4.66. The van der Waals surface area contributed by atoms with Crippen molar-refractivity contribution >= 4 is 24.2 Å². The lowest BCUT2D eigenvalue weighted by Crippen LogP contribution is -2.50. The molecule has 1 saturated heterocycles. The molecule has 0 unspecified atom stereocenters. The first-order valence-electron chi connectivity index (χ1n) is 8.33. The van der Waals surface area contributed by atoms with Gasteiger partial charge < -0.3 is 20.0 Å². The van der Waals surface area contributed by atoms with Crippen LogP contribution < -0.4 is 5.73 Å². The predicted molar refractivity (Wildman–Crippen MR) is 97.1 cm³/mol. The van der Waals surface area contributed by atoms with Gasteiger partial charge in [-0.15, -0.1) is 12.4 Å². The van der Waals surface area contributed by atoms with Gasteiger partial charge in [0.25, 0.3) is 11.8 Å². The Kier molecular flexibility index (Phi) is 6.73. The molecule has 1 aliphatic rings. The number of furan rings is 1. The summed E-state index contributed by atoms with van der Waals surface area (Å²) >= 11 is 0. The normalized spacial score (nSPS) is 14.6. The molecule has 2 amide bonds. The minimum Gasteiger partial charge on any atom is -0.467 e. The Labute approximate surface area is 165 Å². The van der Waals surface area contributed by atoms with Crippen molar-refractivity contribution in [3.8, 4) is 0 Å². The summed E-state index contributed by atoms with van der Waals surface area (Å²) in [6.45, 7) is 1.23. The second kappa shape index (κ2) is 8.66. The number of piperazine rings is 1. The summed E-state index contributed by atoms with van der Waals surface area (Å²) in [4.78, 5) is 27.9. The van der Waals surface area contributed by atoms with Gasteiger partial charge in [0, 0.05) is 31.7 Å². The van der Waals surface area contributed by atoms with Crippen molar-refractivity contribution in [3.63, 3.8) is 0 Å². The number of alkyl halides is 3. The predicted octanol–water partition coefficient (Wildman–Crippen LogP) is 2.78. The van der Waals surface area contributed by atoms with Crippen LogP contribution in [0, 0.1) is 0 Å². The molecule has 1 aromatic carbocycles. The average Bonchev–Trinajstić information content (AvgIpc) is 3.16. The van der Waals surface area contributed by atoms with E-state index in [1.165, 1.54) is 23.3 Å². The number of carbonyl (C=O) groups excluding carboxylic acids is 2. The van der Waals surface area contributed by atoms with Crippen molar-refractivity contribution in [3.05, 3.63) is 59.0 Å². The summed E-state index contributed by atoms with van der Waals surface area (Å²) in [6, 6.07) is 5.91. The third-order valence-electron chi connectivity index (χ3n) is 4.39. The molecule has 6 nitrogen and oxygen atoms in total. The molecule has 28 heavy (non-hydrogen) atoms. The van der Waals surface area contributed by atoms with Crippen LogP contribution in [-0.4, -0.2) is 47.8 Å². The van der Waals surface area contributed by atoms with Crippen molar-refractivity contribution in [1.29, 1.82) is 0 Å². The van der Waals surface area contributed by atoms with Crippen LogP contribution in [0.4, 0.5) is 13.2 Å². The zero-order chi connectivity index (χ0) is 19.6. The number of nitrogens with zero attached hydrogens (tertiary/aromatic N) is 2. The number of hydrogen-bond donors (Lipinski definition) is 1. The van der Waals surface area contributed by atoms with E-state index in [-0.39, 0.29) is 56.6 Å². The smallest absolute Gasteiger partial charge is 0.416 e. The van der Waals surface area contributed by atoms with Gasteiger partial charge in [0.05, 0.1) is 17.7 Å². The molecule has 1 aromatic heterocycles. The third-order valence-corrected chi connectivity index (χ3v) is 4.39. The maximum atomic E-state index is 12.8. The van der Waals surface area contributed by atoms with E-state index in [1.807, 2.05) is 0 Å². The van der Waals surface area contributed by atoms with Gasteiger partial charge in [0.2, 0.25) is 0 Å². The molecule has 0 saturated carbocycles. The van der Waals surface area contributed by atoms with E-state index in [0.29, 0.717) is 11.3 Å². The van der Waals surface area contributed by atoms with Crippen LogP contribution in [-0.2, 0) is 12.7 Å². The van der Waals surface area contributed by atoms with E-state index in [2.05, 4.69) is 0 Å². The quantitative estimate of drug-likeness (QED) is 0.832. The van der Waals surface area contributed by atoms with Gasteiger partial charge in [0.1, 0.15) is 12.0 Å². The highest BCUT2D eigenvalue weighted by atomic mass is 35.5. The fourth-order valence-electron chi connectivity index (χ4n) is 2.91. The van der Waals surface area contributed by atoms with E-state index < -0.39 is 17.6 Å². The Morgan fingerprint density at radius 3 is 2.07 bits per heavy atom. The topological polar surface area (TPSA) is 79.8 Å². The molecule has 2 N–H and O–H groups in total. The van der Waals surface area contributed by atoms with E-state index >= 15 is 0 Å². The van der Waals surface area contributed by atoms with Crippen LogP contribution in [0.1, 0.15) is 32.0 Å². The number of nitrogens with two attached hydrogens (primary N) is 1. The van der Waals surface area contributed by atoms with Crippen LogP contribution in [0.25, 0.3) is 0 Å². The highest BCUT2D eigenvalue weighted by Gasteiger charge is 2.32. The minimum absolute atomic E-state index is 0. The van der Waals surface area contributed by atoms with Crippen molar-refractivity contribution in [2.75, 3.05) is 26.2 Å². The van der Waals surface area contributed by atoms with Crippen LogP contribution in [0.5, 0.6) is 0 Å². The highest BCUT2D eigenvalue weighted by Crippen LogP contribution is 2.29. The molecule has 0 bridgehead atoms. The molecule has 0 aliphatic carbocycles. The molecule has 10 heteroatoms. The molecular formula is C18H19ClF3N3O3. The summed E-state index contributed by atoms with van der Waals surface area (Å²) in [6.07, 6.45) is -3.17. The molecule has 2 aromatic rings. The van der Waals surface area contributed by atoms with Crippen LogP contribution in [0.15, 0.2) is 41.0 Å². The zero-order valence-corrected chi connectivity index (χ0v) is 15.6. The maximum absolute atomic E-state index is 12.8. The minimum atomic E-state index is -4.51. The number of amides is 2. The van der Waals surface area contributed by atoms with Gasteiger partial charge in [0.15, 0.2) is 0 Å². The number of benzene rings is 1. The summed E-state index contributed by atoms with van der Waals surface area (Å²) < 4.78 is 43.6. The molecule has 0 spiro atoms. The fourth-order valence-corrected chi connectivity index (χ4v) is 2.91. The van der Waals surface area contributed by atoms with Gasteiger partial charge in [-0.3, -0.25) is 9.59 Å². The summed E-state index contributed by atoms with van der Waals surface area (Å²) in [5.41, 5.74) is 4.95. The highest BCUT2D eigenvalue weighted by molar-refractivity contribution is 5.96. The van der Waals surface area contributed by atoms with Crippen molar-refractivity contribution in [1.82, 2.24) is 9.80 Å². The molecule has 3 rings (SSSR count). The Balaban J connectivity index is 0.00000280. The number of rotatable bonds is 3. The van der Waals surface area contributed by atoms with Gasteiger partial charge in [-0.1, -0.05) is 6.07 Å². The summed E-state index contributed by atoms with van der Waals surface area (Å²) in [5, 5.41) is 0. The molecule has 152 valence electrons. The van der Waals surface area contributed by atoms with Crippen LogP contribution in [0.2, 0.25) is 0 Å². The second-order valence-electron chi connectivity index (χ2n) is 6.17. The van der Waals surface area contributed by atoms with Crippen molar-refractivity contribution < 1.29 is 27.2 Å². The van der Waals surface area contributed by atoms with Gasteiger partial charge >= 0.3 is 6.18 Å². The molecular weight excluding hydrogens is 399 g/mol. The molecule has 0 atom stereocenters. The Morgan fingerprint density at radius 2 is 1.57 bits per heavy atom. The SMILES string of the molecule is Cl.NCc1cc(C(=O)N2CCN(C(=O)c3cccc(C(F)(F)F)c3)CC2)co1. The largest absolute Gasteiger partial charge is 0.467 e. The van der Waals surface area contributed by atoms with E-state index in [1.54, 1.807) is 11.0 Å². The lowest BCUT2D eigenvalue weighted by molar-refractivity contribution is -0.137. The van der Waals surface area contributed by atoms with Crippen molar-refractivity contribution in [2.24, 2.45) is 5.73 Å². The number of hydrogen-bond acceptors (Lipinski definition) is 4. The van der Waals surface area contributed by atoms with Gasteiger partial charge in [-0.25, -0.2) is 0 Å². The standard InChI is InChI=1S/C18H18F3N3O3.ClH/c19-18(20,21)14-3-1-2-12(8-14)16(25)23-4-6-24(7-5-23)17(26)13-9-15(10-22)27-11-13;/h1-3,8-9,11H,4-7,10,22H2;1H. The first-order valence-corrected chi connectivity index (χ1v) is 8.33. The first kappa shape index (κ1) is 21.8. The van der Waals surface area contributed by atoms with Crippen LogP contribution >= 0.6 is 12.4 Å². The molecule has 2 heterocycles. The second-order valence-corrected chi connectivity index (χ2v) is 6.17. The monoisotopic (exact) mass is 417 g/mol. The Hall–Kier alpha value is -2.52. The maximum Gasteiger partial charge on any atom is 0.416 e. The number of halogens is 4. The lowest BCUT2D eigenvalue weighted by Gasteiger charge is -2.34. The lowest BCUT2D eigenvalue weighted by atomic mass is 10.1. The van der Waals surface area contributed by atoms with E-state index in [0.717, 1.165) is 12.1 Å². The average molecular weight is 418 g/mol. The van der Waals surface area contributed by atoms with Gasteiger partial charge in [-0.2, -0.15) is 13.2 Å². The van der Waals surface area contributed by atoms with Crippen LogP contribution in [0.3, 0.4) is 0 Å². The Bertz CT molecular complexity index is 846. The molecule has 0 radical (unpaired) electrons. The van der Waals surface area contributed by atoms with Crippen molar-refractivity contribution in [2.45, 2.75) is 12.7 Å². The van der Waals surface area contributed by atoms with Gasteiger partial charge in [-0.05, 0) is 24.3 Å². The summed E-state index contributed by atoms with van der Waals surface area (Å²) in [5.74, 6) is -0.219. The summed E-state index contributed by atoms with van der Waals surface area (Å²) in [7, 11) is 0. The zero-order valence-electron chi connectivity index (χ0n) is 14.7. The fraction of sp³-hybridized carbons (Fsp3) is 0.333.